The fourth-order valence-corrected chi connectivity index (χ4v) is 2.64. The summed E-state index contributed by atoms with van der Waals surface area (Å²) in [6, 6.07) is 0.371. The van der Waals surface area contributed by atoms with Crippen molar-refractivity contribution < 1.29 is 0 Å². The van der Waals surface area contributed by atoms with Gasteiger partial charge >= 0.3 is 0 Å². The second-order valence-electron chi connectivity index (χ2n) is 5.39. The van der Waals surface area contributed by atoms with Gasteiger partial charge in [-0.15, -0.1) is 10.2 Å². The first-order valence-corrected chi connectivity index (χ1v) is 7.02. The Morgan fingerprint density at radius 1 is 1.32 bits per heavy atom. The lowest BCUT2D eigenvalue weighted by atomic mass is 9.86. The number of rotatable bonds is 6. The minimum Gasteiger partial charge on any atom is -0.314 e. The SMILES string of the molecule is CCCNC(C)C(c1nccn2cnnc12)C(C)C. The standard InChI is InChI=1S/C14H23N5/c1-5-6-15-11(4)12(10(2)3)13-14-18-17-9-19(14)8-7-16-13/h7-12,15H,5-6H2,1-4H3. The Labute approximate surface area is 114 Å². The minimum atomic E-state index is 0.333. The first kappa shape index (κ1) is 13.9. The summed E-state index contributed by atoms with van der Waals surface area (Å²) in [5, 5.41) is 11.8. The van der Waals surface area contributed by atoms with E-state index < -0.39 is 0 Å². The maximum Gasteiger partial charge on any atom is 0.182 e. The van der Waals surface area contributed by atoms with Gasteiger partial charge in [0.25, 0.3) is 0 Å². The van der Waals surface area contributed by atoms with E-state index in [9.17, 15) is 0 Å². The van der Waals surface area contributed by atoms with E-state index in [-0.39, 0.29) is 0 Å². The average Bonchev–Trinajstić information content (AvgIpc) is 2.85. The normalized spacial score (nSPS) is 15.0. The zero-order chi connectivity index (χ0) is 13.8. The van der Waals surface area contributed by atoms with Crippen LogP contribution >= 0.6 is 0 Å². The van der Waals surface area contributed by atoms with Crippen LogP contribution in [-0.2, 0) is 0 Å². The topological polar surface area (TPSA) is 55.1 Å². The van der Waals surface area contributed by atoms with Crippen molar-refractivity contribution in [2.24, 2.45) is 5.92 Å². The van der Waals surface area contributed by atoms with Crippen LogP contribution in [0.1, 0.15) is 45.7 Å². The van der Waals surface area contributed by atoms with Crippen molar-refractivity contribution >= 4 is 5.65 Å². The van der Waals surface area contributed by atoms with Crippen molar-refractivity contribution in [1.82, 2.24) is 24.9 Å². The largest absolute Gasteiger partial charge is 0.314 e. The average molecular weight is 261 g/mol. The zero-order valence-electron chi connectivity index (χ0n) is 12.2. The zero-order valence-corrected chi connectivity index (χ0v) is 12.2. The van der Waals surface area contributed by atoms with Crippen molar-refractivity contribution in [3.8, 4) is 0 Å². The number of aromatic nitrogens is 4. The van der Waals surface area contributed by atoms with Crippen LogP contribution in [0.3, 0.4) is 0 Å². The third-order valence-electron chi connectivity index (χ3n) is 3.53. The molecule has 0 saturated carbocycles. The lowest BCUT2D eigenvalue weighted by Gasteiger charge is -2.27. The molecular weight excluding hydrogens is 238 g/mol. The molecule has 0 bridgehead atoms. The molecule has 2 rings (SSSR count). The minimum absolute atomic E-state index is 0.333. The van der Waals surface area contributed by atoms with Gasteiger partial charge in [0, 0.05) is 24.4 Å². The van der Waals surface area contributed by atoms with Crippen LogP contribution in [0.5, 0.6) is 0 Å². The molecule has 2 unspecified atom stereocenters. The summed E-state index contributed by atoms with van der Waals surface area (Å²) >= 11 is 0. The van der Waals surface area contributed by atoms with Gasteiger partial charge in [0.1, 0.15) is 6.33 Å². The molecule has 0 aliphatic carbocycles. The quantitative estimate of drug-likeness (QED) is 0.866. The molecule has 0 aromatic carbocycles. The molecule has 2 heterocycles. The van der Waals surface area contributed by atoms with Crippen LogP contribution in [0.25, 0.3) is 5.65 Å². The molecule has 19 heavy (non-hydrogen) atoms. The summed E-state index contributed by atoms with van der Waals surface area (Å²) in [4.78, 5) is 4.57. The van der Waals surface area contributed by atoms with Crippen molar-refractivity contribution in [3.05, 3.63) is 24.4 Å². The molecular formula is C14H23N5. The summed E-state index contributed by atoms with van der Waals surface area (Å²) in [5.74, 6) is 0.828. The van der Waals surface area contributed by atoms with Crippen LogP contribution in [0, 0.1) is 5.92 Å². The van der Waals surface area contributed by atoms with Crippen molar-refractivity contribution in [3.63, 3.8) is 0 Å². The molecule has 2 aromatic heterocycles. The van der Waals surface area contributed by atoms with Crippen molar-refractivity contribution in [1.29, 1.82) is 0 Å². The van der Waals surface area contributed by atoms with E-state index in [0.29, 0.717) is 17.9 Å². The van der Waals surface area contributed by atoms with E-state index in [1.807, 2.05) is 16.8 Å². The van der Waals surface area contributed by atoms with Gasteiger partial charge in [-0.25, -0.2) is 0 Å². The van der Waals surface area contributed by atoms with E-state index in [4.69, 9.17) is 0 Å². The molecule has 0 amide bonds. The Kier molecular flexibility index (Phi) is 4.47. The fourth-order valence-electron chi connectivity index (χ4n) is 2.64. The highest BCUT2D eigenvalue weighted by molar-refractivity contribution is 5.44. The second-order valence-corrected chi connectivity index (χ2v) is 5.39. The highest BCUT2D eigenvalue weighted by Gasteiger charge is 2.26. The monoisotopic (exact) mass is 261 g/mol. The molecule has 1 N–H and O–H groups in total. The van der Waals surface area contributed by atoms with Gasteiger partial charge in [0.15, 0.2) is 5.65 Å². The molecule has 0 aliphatic rings. The van der Waals surface area contributed by atoms with E-state index >= 15 is 0 Å². The lowest BCUT2D eigenvalue weighted by Crippen LogP contribution is -2.35. The Hall–Kier alpha value is -1.49. The molecule has 0 radical (unpaired) electrons. The van der Waals surface area contributed by atoms with Crippen LogP contribution < -0.4 is 5.32 Å². The predicted octanol–water partition coefficient (Wildman–Crippen LogP) is 2.25. The second kappa shape index (κ2) is 6.10. The number of nitrogens with zero attached hydrogens (tertiary/aromatic N) is 4. The van der Waals surface area contributed by atoms with Gasteiger partial charge in [-0.2, -0.15) is 0 Å². The molecule has 2 atom stereocenters. The molecule has 104 valence electrons. The van der Waals surface area contributed by atoms with Crippen LogP contribution in [-0.4, -0.2) is 32.2 Å². The van der Waals surface area contributed by atoms with Gasteiger partial charge in [-0.1, -0.05) is 20.8 Å². The summed E-state index contributed by atoms with van der Waals surface area (Å²) in [6.45, 7) is 9.90. The molecule has 0 spiro atoms. The Morgan fingerprint density at radius 2 is 2.11 bits per heavy atom. The van der Waals surface area contributed by atoms with E-state index in [2.05, 4.69) is 48.2 Å². The fraction of sp³-hybridized carbons (Fsp3) is 0.643. The van der Waals surface area contributed by atoms with Crippen LogP contribution in [0.15, 0.2) is 18.7 Å². The Morgan fingerprint density at radius 3 is 2.79 bits per heavy atom. The smallest absolute Gasteiger partial charge is 0.182 e. The summed E-state index contributed by atoms with van der Waals surface area (Å²) in [7, 11) is 0. The van der Waals surface area contributed by atoms with Gasteiger partial charge in [0.05, 0.1) is 5.69 Å². The maximum atomic E-state index is 4.57. The third-order valence-corrected chi connectivity index (χ3v) is 3.53. The summed E-state index contributed by atoms with van der Waals surface area (Å²) in [6.07, 6.45) is 6.58. The van der Waals surface area contributed by atoms with Gasteiger partial charge in [-0.3, -0.25) is 9.38 Å². The molecule has 0 aliphatic heterocycles. The van der Waals surface area contributed by atoms with Crippen molar-refractivity contribution in [2.45, 2.75) is 46.1 Å². The molecule has 0 saturated heterocycles. The maximum absolute atomic E-state index is 4.57. The van der Waals surface area contributed by atoms with Gasteiger partial charge < -0.3 is 5.32 Å². The van der Waals surface area contributed by atoms with Crippen LogP contribution in [0.4, 0.5) is 0 Å². The molecule has 5 nitrogen and oxygen atoms in total. The van der Waals surface area contributed by atoms with E-state index in [1.54, 1.807) is 6.33 Å². The van der Waals surface area contributed by atoms with Gasteiger partial charge in [0.2, 0.25) is 0 Å². The number of hydrogen-bond acceptors (Lipinski definition) is 4. The number of hydrogen-bond donors (Lipinski definition) is 1. The summed E-state index contributed by atoms with van der Waals surface area (Å²) < 4.78 is 1.93. The molecule has 2 aromatic rings. The first-order chi connectivity index (χ1) is 9.15. The molecule has 0 fully saturated rings. The highest BCUT2D eigenvalue weighted by Crippen LogP contribution is 2.28. The lowest BCUT2D eigenvalue weighted by molar-refractivity contribution is 0.372. The highest BCUT2D eigenvalue weighted by atomic mass is 15.2. The number of fused-ring (bicyclic) bond motifs is 1. The number of nitrogens with one attached hydrogen (secondary N) is 1. The predicted molar refractivity (Wildman–Crippen MR) is 76.1 cm³/mol. The Bertz CT molecular complexity index is 519. The first-order valence-electron chi connectivity index (χ1n) is 7.02. The Balaban J connectivity index is 2.35. The summed E-state index contributed by atoms with van der Waals surface area (Å²) in [5.41, 5.74) is 1.90. The van der Waals surface area contributed by atoms with E-state index in [1.165, 1.54) is 0 Å². The van der Waals surface area contributed by atoms with Crippen molar-refractivity contribution in [2.75, 3.05) is 6.54 Å². The van der Waals surface area contributed by atoms with Crippen LogP contribution in [0.2, 0.25) is 0 Å². The van der Waals surface area contributed by atoms with E-state index in [0.717, 1.165) is 24.3 Å². The third kappa shape index (κ3) is 2.92. The molecule has 5 heteroatoms. The van der Waals surface area contributed by atoms with Gasteiger partial charge in [-0.05, 0) is 25.8 Å².